The van der Waals surface area contributed by atoms with Gasteiger partial charge in [0, 0.05) is 12.7 Å². The van der Waals surface area contributed by atoms with Gasteiger partial charge >= 0.3 is 0 Å². The number of rotatable bonds is 4. The van der Waals surface area contributed by atoms with Crippen LogP contribution in [0.4, 0.5) is 5.69 Å². The number of nitrogens with zero attached hydrogens (tertiary/aromatic N) is 2. The molecule has 1 aliphatic rings. The van der Waals surface area contributed by atoms with Crippen molar-refractivity contribution in [2.45, 2.75) is 18.4 Å². The molecule has 10 heteroatoms. The Morgan fingerprint density at radius 2 is 2.25 bits per heavy atom. The molecule has 0 saturated heterocycles. The predicted molar refractivity (Wildman–Crippen MR) is 83.1 cm³/mol. The summed E-state index contributed by atoms with van der Waals surface area (Å²) in [4.78, 5) is 23.2. The summed E-state index contributed by atoms with van der Waals surface area (Å²) in [5.41, 5.74) is 0.371. The Kier molecular flexibility index (Phi) is 3.97. The van der Waals surface area contributed by atoms with Gasteiger partial charge in [-0.15, -0.1) is 0 Å². The molecule has 1 aromatic carbocycles. The molecule has 0 atom stereocenters. The largest absolute Gasteiger partial charge is 0.482 e. The van der Waals surface area contributed by atoms with E-state index in [4.69, 9.17) is 4.74 Å². The molecule has 126 valence electrons. The van der Waals surface area contributed by atoms with Gasteiger partial charge in [0.05, 0.1) is 22.3 Å². The molecule has 0 aliphatic carbocycles. The van der Waals surface area contributed by atoms with E-state index in [0.717, 1.165) is 0 Å². The van der Waals surface area contributed by atoms with E-state index in [1.807, 2.05) is 11.6 Å². The van der Waals surface area contributed by atoms with Gasteiger partial charge in [0.25, 0.3) is 21.8 Å². The molecule has 24 heavy (non-hydrogen) atoms. The second-order valence-electron chi connectivity index (χ2n) is 5.01. The van der Waals surface area contributed by atoms with Gasteiger partial charge in [-0.05, 0) is 25.1 Å². The van der Waals surface area contributed by atoms with Crippen molar-refractivity contribution >= 4 is 27.5 Å². The number of hydrogen-bond acceptors (Lipinski definition) is 6. The maximum Gasteiger partial charge on any atom is 0.268 e. The molecule has 0 radical (unpaired) electrons. The lowest BCUT2D eigenvalue weighted by molar-refractivity contribution is -0.118. The number of fused-ring (bicyclic) bond motifs is 1. The summed E-state index contributed by atoms with van der Waals surface area (Å²) < 4.78 is 33.3. The Bertz CT molecular complexity index is 919. The maximum atomic E-state index is 12.3. The van der Waals surface area contributed by atoms with Gasteiger partial charge in [-0.3, -0.25) is 14.3 Å². The van der Waals surface area contributed by atoms with E-state index >= 15 is 0 Å². The van der Waals surface area contributed by atoms with Crippen molar-refractivity contribution in [3.63, 3.8) is 0 Å². The average Bonchev–Trinajstić information content (AvgIpc) is 3.03. The smallest absolute Gasteiger partial charge is 0.268 e. The molecule has 0 fully saturated rings. The quantitative estimate of drug-likeness (QED) is 0.821. The predicted octanol–water partition coefficient (Wildman–Crippen LogP) is 0.353. The minimum atomic E-state index is -4.10. The van der Waals surface area contributed by atoms with E-state index in [-0.39, 0.29) is 28.7 Å². The molecule has 2 amide bonds. The Morgan fingerprint density at radius 3 is 2.96 bits per heavy atom. The van der Waals surface area contributed by atoms with Crippen molar-refractivity contribution < 1.29 is 22.7 Å². The SMILES string of the molecule is CCn1cc(C(=O)NS(=O)(=O)c2ccc3c(c2)NC(=O)CO3)cn1. The number of carbonyl (C=O) groups is 2. The van der Waals surface area contributed by atoms with Gasteiger partial charge in [0.15, 0.2) is 6.61 Å². The summed E-state index contributed by atoms with van der Waals surface area (Å²) in [6.45, 7) is 2.27. The van der Waals surface area contributed by atoms with Crippen LogP contribution in [0.15, 0.2) is 35.5 Å². The number of amides is 2. The van der Waals surface area contributed by atoms with Crippen molar-refractivity contribution in [1.82, 2.24) is 14.5 Å². The van der Waals surface area contributed by atoms with E-state index < -0.39 is 15.9 Å². The van der Waals surface area contributed by atoms with Crippen LogP contribution >= 0.6 is 0 Å². The molecular weight excluding hydrogens is 336 g/mol. The van der Waals surface area contributed by atoms with E-state index in [9.17, 15) is 18.0 Å². The molecule has 0 spiro atoms. The first kappa shape index (κ1) is 16.0. The van der Waals surface area contributed by atoms with Gasteiger partial charge < -0.3 is 10.1 Å². The third kappa shape index (κ3) is 3.08. The lowest BCUT2D eigenvalue weighted by Gasteiger charge is -2.18. The fraction of sp³-hybridized carbons (Fsp3) is 0.214. The van der Waals surface area contributed by atoms with Crippen LogP contribution in [0.5, 0.6) is 5.75 Å². The highest BCUT2D eigenvalue weighted by molar-refractivity contribution is 7.90. The first-order chi connectivity index (χ1) is 11.4. The summed E-state index contributed by atoms with van der Waals surface area (Å²) in [5, 5.41) is 6.44. The van der Waals surface area contributed by atoms with E-state index in [2.05, 4.69) is 10.4 Å². The molecule has 3 rings (SSSR count). The van der Waals surface area contributed by atoms with Gasteiger partial charge in [0.1, 0.15) is 5.75 Å². The number of ether oxygens (including phenoxy) is 1. The lowest BCUT2D eigenvalue weighted by Crippen LogP contribution is -2.31. The molecule has 2 aromatic rings. The van der Waals surface area contributed by atoms with E-state index in [1.54, 1.807) is 0 Å². The molecule has 1 aliphatic heterocycles. The number of aromatic nitrogens is 2. The molecule has 0 saturated carbocycles. The van der Waals surface area contributed by atoms with Crippen LogP contribution in [0.2, 0.25) is 0 Å². The molecular formula is C14H14N4O5S. The number of benzene rings is 1. The van der Waals surface area contributed by atoms with Crippen molar-refractivity contribution in [2.24, 2.45) is 0 Å². The zero-order valence-electron chi connectivity index (χ0n) is 12.6. The fourth-order valence-electron chi connectivity index (χ4n) is 2.12. The second-order valence-corrected chi connectivity index (χ2v) is 6.70. The van der Waals surface area contributed by atoms with E-state index in [1.165, 1.54) is 35.3 Å². The zero-order valence-corrected chi connectivity index (χ0v) is 13.5. The fourth-order valence-corrected chi connectivity index (χ4v) is 3.12. The molecule has 2 N–H and O–H groups in total. The van der Waals surface area contributed by atoms with Crippen LogP contribution in [0, 0.1) is 0 Å². The number of hydrogen-bond donors (Lipinski definition) is 2. The Balaban J connectivity index is 1.84. The number of sulfonamides is 1. The Hall–Kier alpha value is -2.88. The van der Waals surface area contributed by atoms with Crippen LogP contribution in [0.3, 0.4) is 0 Å². The van der Waals surface area contributed by atoms with Gasteiger partial charge in [-0.1, -0.05) is 0 Å². The van der Waals surface area contributed by atoms with Crippen molar-refractivity contribution in [2.75, 3.05) is 11.9 Å². The average molecular weight is 350 g/mol. The summed E-state index contributed by atoms with van der Waals surface area (Å²) in [6.07, 6.45) is 2.74. The second kappa shape index (κ2) is 5.96. The van der Waals surface area contributed by atoms with Gasteiger partial charge in [0.2, 0.25) is 0 Å². The molecule has 1 aromatic heterocycles. The van der Waals surface area contributed by atoms with Crippen LogP contribution in [-0.4, -0.2) is 36.6 Å². The Labute approximate surface area is 137 Å². The Morgan fingerprint density at radius 1 is 1.46 bits per heavy atom. The van der Waals surface area contributed by atoms with Crippen LogP contribution < -0.4 is 14.8 Å². The van der Waals surface area contributed by atoms with Gasteiger partial charge in [-0.2, -0.15) is 5.10 Å². The normalized spacial score (nSPS) is 13.6. The zero-order chi connectivity index (χ0) is 17.3. The molecule has 9 nitrogen and oxygen atoms in total. The molecule has 0 unspecified atom stereocenters. The number of nitrogens with one attached hydrogen (secondary N) is 2. The summed E-state index contributed by atoms with van der Waals surface area (Å²) >= 11 is 0. The number of anilines is 1. The van der Waals surface area contributed by atoms with Crippen LogP contribution in [0.25, 0.3) is 0 Å². The van der Waals surface area contributed by atoms with Crippen molar-refractivity contribution in [3.8, 4) is 5.75 Å². The maximum absolute atomic E-state index is 12.3. The highest BCUT2D eigenvalue weighted by atomic mass is 32.2. The monoisotopic (exact) mass is 350 g/mol. The minimum absolute atomic E-state index is 0.128. The van der Waals surface area contributed by atoms with Crippen LogP contribution in [0.1, 0.15) is 17.3 Å². The third-order valence-corrected chi connectivity index (χ3v) is 4.67. The number of aryl methyl sites for hydroxylation is 1. The van der Waals surface area contributed by atoms with Crippen LogP contribution in [-0.2, 0) is 21.4 Å². The minimum Gasteiger partial charge on any atom is -0.482 e. The molecule has 2 heterocycles. The summed E-state index contributed by atoms with van der Waals surface area (Å²) in [5.74, 6) is -0.801. The highest BCUT2D eigenvalue weighted by Crippen LogP contribution is 2.30. The van der Waals surface area contributed by atoms with Crippen molar-refractivity contribution in [3.05, 3.63) is 36.2 Å². The lowest BCUT2D eigenvalue weighted by atomic mass is 10.2. The van der Waals surface area contributed by atoms with Gasteiger partial charge in [-0.25, -0.2) is 13.1 Å². The first-order valence-electron chi connectivity index (χ1n) is 7.05. The number of carbonyl (C=O) groups excluding carboxylic acids is 2. The third-order valence-electron chi connectivity index (χ3n) is 3.34. The summed E-state index contributed by atoms with van der Waals surface area (Å²) in [6, 6.07) is 3.95. The summed E-state index contributed by atoms with van der Waals surface area (Å²) in [7, 11) is -4.10. The standard InChI is InChI=1S/C14H14N4O5S/c1-2-18-7-9(6-15-18)14(20)17-24(21,22)10-3-4-12-11(5-10)16-13(19)8-23-12/h3-7H,2,8H2,1H3,(H,16,19)(H,17,20). The van der Waals surface area contributed by atoms with E-state index in [0.29, 0.717) is 12.3 Å². The topological polar surface area (TPSA) is 119 Å². The first-order valence-corrected chi connectivity index (χ1v) is 8.53. The van der Waals surface area contributed by atoms with Crippen molar-refractivity contribution in [1.29, 1.82) is 0 Å². The highest BCUT2D eigenvalue weighted by Gasteiger charge is 2.23. The molecule has 0 bridgehead atoms.